The number of anilines is 3. The first-order valence-corrected chi connectivity index (χ1v) is 13.8. The molecule has 8 nitrogen and oxygen atoms in total. The molecule has 0 aliphatic heterocycles. The number of nitrogens with zero attached hydrogens (tertiary/aromatic N) is 3. The first-order valence-electron chi connectivity index (χ1n) is 12.3. The van der Waals surface area contributed by atoms with Crippen molar-refractivity contribution >= 4 is 34.2 Å². The Morgan fingerprint density at radius 2 is 1.83 bits per heavy atom. The van der Waals surface area contributed by atoms with E-state index >= 15 is 0 Å². The number of carbonyl (C=O) groups is 1. The van der Waals surface area contributed by atoms with E-state index in [4.69, 9.17) is 0 Å². The molecule has 1 aliphatic rings. The summed E-state index contributed by atoms with van der Waals surface area (Å²) in [6.45, 7) is 2.69. The number of hydrogen-bond donors (Lipinski definition) is 3. The first kappa shape index (κ1) is 24.9. The van der Waals surface area contributed by atoms with Crippen LogP contribution in [0, 0.1) is 5.92 Å². The number of amides is 1. The highest BCUT2D eigenvalue weighted by atomic mass is 32.2. The molecule has 0 spiro atoms. The van der Waals surface area contributed by atoms with E-state index in [1.165, 1.54) is 19.3 Å². The molecule has 0 radical (unpaired) electrons. The van der Waals surface area contributed by atoms with Gasteiger partial charge in [-0.25, -0.2) is 0 Å². The lowest BCUT2D eigenvalue weighted by Crippen LogP contribution is -2.37. The van der Waals surface area contributed by atoms with Gasteiger partial charge in [0, 0.05) is 52.6 Å². The second-order valence-electron chi connectivity index (χ2n) is 8.96. The number of rotatable bonds is 10. The summed E-state index contributed by atoms with van der Waals surface area (Å²) < 4.78 is 13.6. The van der Waals surface area contributed by atoms with Crippen LogP contribution in [-0.4, -0.2) is 43.5 Å². The van der Waals surface area contributed by atoms with Gasteiger partial charge in [-0.05, 0) is 55.7 Å². The summed E-state index contributed by atoms with van der Waals surface area (Å²) in [5.41, 5.74) is 0.684. The summed E-state index contributed by atoms with van der Waals surface area (Å²) in [5.74, 6) is 2.24. The van der Waals surface area contributed by atoms with Gasteiger partial charge in [0.15, 0.2) is 0 Å². The highest BCUT2D eigenvalue weighted by Gasteiger charge is 2.25. The summed E-state index contributed by atoms with van der Waals surface area (Å²) in [6, 6.07) is 12.5. The van der Waals surface area contributed by atoms with Gasteiger partial charge in [-0.15, -0.1) is 0 Å². The molecule has 1 fully saturated rings. The van der Waals surface area contributed by atoms with Crippen LogP contribution in [0.2, 0.25) is 0 Å². The van der Waals surface area contributed by atoms with Crippen LogP contribution >= 0.6 is 0 Å². The molecule has 1 aromatic carbocycles. The molecule has 1 saturated carbocycles. The summed E-state index contributed by atoms with van der Waals surface area (Å²) in [7, 11) is -1.06. The number of carbonyl (C=O) groups excluding carboxylic acids is 1. The minimum absolute atomic E-state index is 0.105. The topological polar surface area (TPSA) is 101 Å². The molecular formula is C26H34N6O2S. The van der Waals surface area contributed by atoms with Gasteiger partial charge in [0.05, 0.1) is 0 Å². The third-order valence-corrected chi connectivity index (χ3v) is 7.24. The molecule has 4 rings (SSSR count). The summed E-state index contributed by atoms with van der Waals surface area (Å²) in [6.07, 6.45) is 12.2. The van der Waals surface area contributed by atoms with Crippen LogP contribution in [0.4, 0.5) is 17.5 Å². The second-order valence-corrected chi connectivity index (χ2v) is 10.3. The average Bonchev–Trinajstić information content (AvgIpc) is 3.40. The minimum atomic E-state index is -1.06. The van der Waals surface area contributed by atoms with E-state index in [0.29, 0.717) is 29.9 Å². The lowest BCUT2D eigenvalue weighted by molar-refractivity contribution is -0.117. The number of nitrogens with one attached hydrogen (secondary N) is 3. The predicted octanol–water partition coefficient (Wildman–Crippen LogP) is 4.83. The van der Waals surface area contributed by atoms with E-state index in [0.717, 1.165) is 30.0 Å². The van der Waals surface area contributed by atoms with E-state index in [1.807, 2.05) is 42.1 Å². The lowest BCUT2D eigenvalue weighted by atomic mass is 9.84. The molecule has 1 amide bonds. The van der Waals surface area contributed by atoms with E-state index in [2.05, 4.69) is 25.9 Å². The monoisotopic (exact) mass is 494 g/mol. The van der Waals surface area contributed by atoms with Crippen LogP contribution in [0.1, 0.15) is 45.4 Å². The Hall–Kier alpha value is -3.20. The van der Waals surface area contributed by atoms with Crippen molar-refractivity contribution in [1.29, 1.82) is 0 Å². The maximum absolute atomic E-state index is 13.4. The Morgan fingerprint density at radius 3 is 2.49 bits per heavy atom. The van der Waals surface area contributed by atoms with Crippen molar-refractivity contribution in [2.45, 2.75) is 56.4 Å². The fourth-order valence-corrected chi connectivity index (χ4v) is 5.01. The summed E-state index contributed by atoms with van der Waals surface area (Å²) >= 11 is 0. The van der Waals surface area contributed by atoms with E-state index in [1.54, 1.807) is 30.5 Å². The Labute approximate surface area is 209 Å². The molecule has 3 aromatic rings. The third-order valence-electron chi connectivity index (χ3n) is 6.30. The van der Waals surface area contributed by atoms with E-state index in [-0.39, 0.29) is 5.91 Å². The fraction of sp³-hybridized carbons (Fsp3) is 0.423. The molecule has 0 saturated heterocycles. The maximum atomic E-state index is 13.4. The summed E-state index contributed by atoms with van der Waals surface area (Å²) in [4.78, 5) is 23.4. The van der Waals surface area contributed by atoms with Gasteiger partial charge in [-0.3, -0.25) is 9.00 Å². The quantitative estimate of drug-likeness (QED) is 0.373. The average molecular weight is 495 g/mol. The number of aromatic nitrogens is 3. The molecule has 35 heavy (non-hydrogen) atoms. The van der Waals surface area contributed by atoms with Crippen LogP contribution in [0.3, 0.4) is 0 Å². The van der Waals surface area contributed by atoms with Crippen molar-refractivity contribution in [2.24, 2.45) is 5.92 Å². The van der Waals surface area contributed by atoms with Gasteiger partial charge in [0.2, 0.25) is 11.9 Å². The number of benzene rings is 1. The maximum Gasteiger partial charge on any atom is 0.246 e. The van der Waals surface area contributed by atoms with Gasteiger partial charge in [-0.1, -0.05) is 32.1 Å². The predicted molar refractivity (Wildman–Crippen MR) is 142 cm³/mol. The van der Waals surface area contributed by atoms with Gasteiger partial charge in [0.25, 0.3) is 0 Å². The van der Waals surface area contributed by atoms with Crippen molar-refractivity contribution in [3.63, 3.8) is 0 Å². The molecule has 2 heterocycles. The van der Waals surface area contributed by atoms with Gasteiger partial charge in [0.1, 0.15) is 17.7 Å². The normalized spacial score (nSPS) is 15.8. The molecule has 2 aromatic heterocycles. The molecule has 2 atom stereocenters. The minimum Gasteiger partial charge on any atom is -0.358 e. The van der Waals surface area contributed by atoms with Crippen LogP contribution in [0.5, 0.6) is 0 Å². The Kier molecular flexibility index (Phi) is 8.52. The van der Waals surface area contributed by atoms with Crippen LogP contribution in [0.15, 0.2) is 59.8 Å². The van der Waals surface area contributed by atoms with Crippen LogP contribution < -0.4 is 16.0 Å². The highest BCUT2D eigenvalue weighted by Crippen LogP contribution is 2.29. The van der Waals surface area contributed by atoms with Crippen molar-refractivity contribution in [2.75, 3.05) is 28.8 Å². The van der Waals surface area contributed by atoms with Crippen molar-refractivity contribution < 1.29 is 9.00 Å². The van der Waals surface area contributed by atoms with Crippen LogP contribution in [-0.2, 0) is 15.6 Å². The van der Waals surface area contributed by atoms with Crippen molar-refractivity contribution in [3.8, 4) is 5.82 Å². The van der Waals surface area contributed by atoms with Gasteiger partial charge in [-0.2, -0.15) is 9.97 Å². The van der Waals surface area contributed by atoms with E-state index in [9.17, 15) is 9.00 Å². The van der Waals surface area contributed by atoms with Gasteiger partial charge >= 0.3 is 0 Å². The first-order chi connectivity index (χ1) is 17.0. The van der Waals surface area contributed by atoms with Crippen LogP contribution in [0.25, 0.3) is 5.82 Å². The second kappa shape index (κ2) is 12.0. The van der Waals surface area contributed by atoms with Gasteiger partial charge < -0.3 is 20.5 Å². The molecule has 0 bridgehead atoms. The lowest BCUT2D eigenvalue weighted by Gasteiger charge is -2.27. The zero-order chi connectivity index (χ0) is 24.6. The summed E-state index contributed by atoms with van der Waals surface area (Å²) in [5, 5.41) is 9.63. The standard InChI is InChI=1S/C26H34N6O2S/c1-3-27-26-30-23(18-24(31-26)32-15-7-8-16-32)29-22(17-19-9-5-4-6-10-19)25(33)28-20-11-13-21(14-12-20)35(2)34/h7-8,11-16,18-19,22H,3-6,9-10,17H2,1-2H3,(H,28,33)(H2,27,29,30,31). The Balaban J connectivity index is 1.57. The fourth-order valence-electron chi connectivity index (χ4n) is 4.49. The largest absolute Gasteiger partial charge is 0.358 e. The molecule has 9 heteroatoms. The molecule has 186 valence electrons. The molecule has 3 N–H and O–H groups in total. The highest BCUT2D eigenvalue weighted by molar-refractivity contribution is 7.84. The van der Waals surface area contributed by atoms with Crippen molar-refractivity contribution in [3.05, 3.63) is 54.9 Å². The zero-order valence-electron chi connectivity index (χ0n) is 20.4. The Bertz CT molecular complexity index is 1130. The molecule has 1 aliphatic carbocycles. The van der Waals surface area contributed by atoms with E-state index < -0.39 is 16.8 Å². The zero-order valence-corrected chi connectivity index (χ0v) is 21.2. The Morgan fingerprint density at radius 1 is 1.11 bits per heavy atom. The van der Waals surface area contributed by atoms with Crippen molar-refractivity contribution in [1.82, 2.24) is 14.5 Å². The SMILES string of the molecule is CCNc1nc(NC(CC2CCCCC2)C(=O)Nc2ccc(S(C)=O)cc2)cc(-n2cccc2)n1. The smallest absolute Gasteiger partial charge is 0.246 e. The number of hydrogen-bond acceptors (Lipinski definition) is 6. The third kappa shape index (κ3) is 6.91. The molecular weight excluding hydrogens is 460 g/mol. The molecule has 2 unspecified atom stereocenters.